The molecule has 0 saturated heterocycles. The molecule has 18 heavy (non-hydrogen) atoms. The predicted molar refractivity (Wildman–Crippen MR) is 70.3 cm³/mol. The Bertz CT molecular complexity index is 514. The highest BCUT2D eigenvalue weighted by molar-refractivity contribution is 7.89. The summed E-state index contributed by atoms with van der Waals surface area (Å²) in [5.41, 5.74) is 1.81. The standard InChI is InChI=1S/C12H18N2O3S/c1-17-9-8-14-18(15,16)12-6-2-5-11-10(12)4-3-7-13-11/h2,5-6,13-14H,3-4,7-9H2,1H3. The van der Waals surface area contributed by atoms with Crippen LogP contribution in [-0.4, -0.2) is 35.2 Å². The lowest BCUT2D eigenvalue weighted by molar-refractivity contribution is 0.204. The summed E-state index contributed by atoms with van der Waals surface area (Å²) in [4.78, 5) is 0.378. The smallest absolute Gasteiger partial charge is 0.240 e. The first-order valence-corrected chi connectivity index (χ1v) is 7.48. The van der Waals surface area contributed by atoms with Gasteiger partial charge in [-0.25, -0.2) is 13.1 Å². The first-order chi connectivity index (χ1) is 8.65. The summed E-state index contributed by atoms with van der Waals surface area (Å²) in [6.07, 6.45) is 1.75. The molecule has 1 aliphatic rings. The summed E-state index contributed by atoms with van der Waals surface area (Å²) in [6.45, 7) is 1.55. The van der Waals surface area contributed by atoms with E-state index in [2.05, 4.69) is 10.0 Å². The summed E-state index contributed by atoms with van der Waals surface area (Å²) in [6, 6.07) is 5.34. The monoisotopic (exact) mass is 270 g/mol. The van der Waals surface area contributed by atoms with E-state index < -0.39 is 10.0 Å². The quantitative estimate of drug-likeness (QED) is 0.782. The van der Waals surface area contributed by atoms with Crippen LogP contribution in [0.4, 0.5) is 5.69 Å². The van der Waals surface area contributed by atoms with E-state index in [9.17, 15) is 8.42 Å². The van der Waals surface area contributed by atoms with Gasteiger partial charge in [0.1, 0.15) is 0 Å². The van der Waals surface area contributed by atoms with Crippen LogP contribution in [0.2, 0.25) is 0 Å². The van der Waals surface area contributed by atoms with Crippen LogP contribution in [-0.2, 0) is 21.2 Å². The molecule has 2 N–H and O–H groups in total. The third-order valence-electron chi connectivity index (χ3n) is 2.94. The maximum absolute atomic E-state index is 12.2. The first kappa shape index (κ1) is 13.3. The van der Waals surface area contributed by atoms with E-state index >= 15 is 0 Å². The molecule has 0 aromatic heterocycles. The van der Waals surface area contributed by atoms with Crippen molar-refractivity contribution in [2.45, 2.75) is 17.7 Å². The van der Waals surface area contributed by atoms with Gasteiger partial charge in [0, 0.05) is 25.9 Å². The van der Waals surface area contributed by atoms with Gasteiger partial charge in [0.2, 0.25) is 10.0 Å². The van der Waals surface area contributed by atoms with Crippen LogP contribution in [0.25, 0.3) is 0 Å². The molecular weight excluding hydrogens is 252 g/mol. The molecule has 0 radical (unpaired) electrons. The van der Waals surface area contributed by atoms with Crippen LogP contribution < -0.4 is 10.0 Å². The number of fused-ring (bicyclic) bond motifs is 1. The molecule has 1 aromatic rings. The van der Waals surface area contributed by atoms with Crippen LogP contribution in [0.5, 0.6) is 0 Å². The average molecular weight is 270 g/mol. The van der Waals surface area contributed by atoms with Gasteiger partial charge in [-0.3, -0.25) is 0 Å². The van der Waals surface area contributed by atoms with Gasteiger partial charge in [-0.2, -0.15) is 0 Å². The lowest BCUT2D eigenvalue weighted by atomic mass is 10.0. The number of benzene rings is 1. The lowest BCUT2D eigenvalue weighted by Gasteiger charge is -2.20. The molecule has 0 unspecified atom stereocenters. The summed E-state index contributed by atoms with van der Waals surface area (Å²) in [7, 11) is -1.90. The van der Waals surface area contributed by atoms with Crippen molar-refractivity contribution >= 4 is 15.7 Å². The summed E-state index contributed by atoms with van der Waals surface area (Å²) in [5, 5.41) is 3.23. The SMILES string of the molecule is COCCNS(=O)(=O)c1cccc2c1CCCN2. The Balaban J connectivity index is 2.27. The molecule has 1 heterocycles. The minimum absolute atomic E-state index is 0.288. The number of ether oxygens (including phenoxy) is 1. The number of sulfonamides is 1. The number of rotatable bonds is 5. The van der Waals surface area contributed by atoms with Gasteiger partial charge >= 0.3 is 0 Å². The molecule has 0 spiro atoms. The fourth-order valence-corrected chi connectivity index (χ4v) is 3.39. The zero-order valence-electron chi connectivity index (χ0n) is 10.4. The van der Waals surface area contributed by atoms with E-state index in [1.54, 1.807) is 19.2 Å². The highest BCUT2D eigenvalue weighted by atomic mass is 32.2. The van der Waals surface area contributed by atoms with Gasteiger partial charge in [0.15, 0.2) is 0 Å². The van der Waals surface area contributed by atoms with Gasteiger partial charge in [-0.15, -0.1) is 0 Å². The number of nitrogens with one attached hydrogen (secondary N) is 2. The minimum atomic E-state index is -3.44. The van der Waals surface area contributed by atoms with Gasteiger partial charge in [-0.05, 0) is 30.5 Å². The van der Waals surface area contributed by atoms with E-state index in [4.69, 9.17) is 4.74 Å². The summed E-state index contributed by atoms with van der Waals surface area (Å²) < 4.78 is 31.8. The Hall–Kier alpha value is -1.11. The topological polar surface area (TPSA) is 67.4 Å². The Morgan fingerprint density at radius 1 is 1.44 bits per heavy atom. The molecule has 0 saturated carbocycles. The van der Waals surface area contributed by atoms with E-state index in [0.717, 1.165) is 30.6 Å². The van der Waals surface area contributed by atoms with Crippen molar-refractivity contribution in [2.24, 2.45) is 0 Å². The molecule has 0 amide bonds. The predicted octanol–water partition coefficient (Wildman–Crippen LogP) is 0.969. The van der Waals surface area contributed by atoms with Gasteiger partial charge in [-0.1, -0.05) is 6.07 Å². The maximum Gasteiger partial charge on any atom is 0.240 e. The minimum Gasteiger partial charge on any atom is -0.385 e. The fraction of sp³-hybridized carbons (Fsp3) is 0.500. The number of hydrogen-bond acceptors (Lipinski definition) is 4. The van der Waals surface area contributed by atoms with E-state index in [0.29, 0.717) is 11.5 Å². The van der Waals surface area contributed by atoms with E-state index in [-0.39, 0.29) is 6.54 Å². The second kappa shape index (κ2) is 5.69. The Kier molecular flexibility index (Phi) is 4.21. The maximum atomic E-state index is 12.2. The van der Waals surface area contributed by atoms with Crippen molar-refractivity contribution in [1.82, 2.24) is 4.72 Å². The van der Waals surface area contributed by atoms with Crippen molar-refractivity contribution < 1.29 is 13.2 Å². The average Bonchev–Trinajstić information content (AvgIpc) is 2.38. The molecule has 0 atom stereocenters. The van der Waals surface area contributed by atoms with Crippen LogP contribution in [0.15, 0.2) is 23.1 Å². The number of anilines is 1. The van der Waals surface area contributed by atoms with Gasteiger partial charge in [0.05, 0.1) is 11.5 Å². The molecule has 1 aliphatic heterocycles. The van der Waals surface area contributed by atoms with Gasteiger partial charge in [0.25, 0.3) is 0 Å². The molecule has 6 heteroatoms. The van der Waals surface area contributed by atoms with Crippen molar-refractivity contribution in [2.75, 3.05) is 32.1 Å². The molecule has 100 valence electrons. The molecule has 5 nitrogen and oxygen atoms in total. The van der Waals surface area contributed by atoms with Crippen molar-refractivity contribution in [1.29, 1.82) is 0 Å². The summed E-state index contributed by atoms with van der Waals surface area (Å²) in [5.74, 6) is 0. The van der Waals surface area contributed by atoms with Crippen molar-refractivity contribution in [3.05, 3.63) is 23.8 Å². The molecule has 0 aliphatic carbocycles. The third kappa shape index (κ3) is 2.82. The fourth-order valence-electron chi connectivity index (χ4n) is 2.08. The van der Waals surface area contributed by atoms with E-state index in [1.807, 2.05) is 6.07 Å². The molecule has 2 rings (SSSR count). The summed E-state index contributed by atoms with van der Waals surface area (Å²) >= 11 is 0. The highest BCUT2D eigenvalue weighted by Gasteiger charge is 2.21. The van der Waals surface area contributed by atoms with Crippen LogP contribution in [0, 0.1) is 0 Å². The number of hydrogen-bond donors (Lipinski definition) is 2. The first-order valence-electron chi connectivity index (χ1n) is 5.99. The second-order valence-corrected chi connectivity index (χ2v) is 5.94. The zero-order chi connectivity index (χ0) is 13.0. The van der Waals surface area contributed by atoms with Crippen molar-refractivity contribution in [3.8, 4) is 0 Å². The van der Waals surface area contributed by atoms with Crippen LogP contribution in [0.1, 0.15) is 12.0 Å². The van der Waals surface area contributed by atoms with Gasteiger partial charge < -0.3 is 10.1 Å². The lowest BCUT2D eigenvalue weighted by Crippen LogP contribution is -2.29. The molecule has 1 aromatic carbocycles. The zero-order valence-corrected chi connectivity index (χ0v) is 11.2. The molecular formula is C12H18N2O3S. The molecule has 0 bridgehead atoms. The van der Waals surface area contributed by atoms with Crippen molar-refractivity contribution in [3.63, 3.8) is 0 Å². The van der Waals surface area contributed by atoms with Crippen LogP contribution in [0.3, 0.4) is 0 Å². The largest absolute Gasteiger partial charge is 0.385 e. The third-order valence-corrected chi connectivity index (χ3v) is 4.49. The second-order valence-electron chi connectivity index (χ2n) is 4.20. The Labute approximate surface area is 108 Å². The normalized spacial score (nSPS) is 14.9. The van der Waals surface area contributed by atoms with Crippen LogP contribution >= 0.6 is 0 Å². The number of methoxy groups -OCH3 is 1. The van der Waals surface area contributed by atoms with E-state index in [1.165, 1.54) is 0 Å². The highest BCUT2D eigenvalue weighted by Crippen LogP contribution is 2.28. The Morgan fingerprint density at radius 3 is 3.06 bits per heavy atom. The molecule has 0 fully saturated rings. The Morgan fingerprint density at radius 2 is 2.28 bits per heavy atom.